The van der Waals surface area contributed by atoms with E-state index in [9.17, 15) is 18.1 Å². The quantitative estimate of drug-likeness (QED) is 0.577. The van der Waals surface area contributed by atoms with Crippen LogP contribution >= 0.6 is 0 Å². The summed E-state index contributed by atoms with van der Waals surface area (Å²) >= 11 is 4.17. The van der Waals surface area contributed by atoms with Crippen molar-refractivity contribution in [3.63, 3.8) is 0 Å². The third-order valence-electron chi connectivity index (χ3n) is 1.66. The fraction of sp³-hybridized carbons (Fsp3) is 0.250. The summed E-state index contributed by atoms with van der Waals surface area (Å²) in [6.07, 6.45) is 0. The van der Waals surface area contributed by atoms with Crippen molar-refractivity contribution < 1.29 is 17.3 Å². The maximum Gasteiger partial charge on any atom is 0.307 e. The fourth-order valence-electron chi connectivity index (χ4n) is 1.01. The molecular weight excluding hydrogens is 215 g/mol. The first-order valence-corrected chi connectivity index (χ1v) is 4.03. The van der Waals surface area contributed by atoms with E-state index in [0.29, 0.717) is 0 Å². The van der Waals surface area contributed by atoms with Gasteiger partial charge >= 0.3 is 5.92 Å². The maximum atomic E-state index is 12.9. The summed E-state index contributed by atoms with van der Waals surface area (Å²) in [6.45, 7) is -1.85. The van der Waals surface area contributed by atoms with Gasteiger partial charge in [-0.15, -0.1) is 0 Å². The highest BCUT2D eigenvalue weighted by atomic mass is 32.1. The molecule has 1 rings (SSSR count). The predicted molar refractivity (Wildman–Crippen MR) is 47.0 cm³/mol. The summed E-state index contributed by atoms with van der Waals surface area (Å²) in [4.78, 5) is 10.7. The molecule has 0 aliphatic carbocycles. The number of rotatable bonds is 3. The van der Waals surface area contributed by atoms with Gasteiger partial charge in [0.15, 0.2) is 6.67 Å². The third-order valence-corrected chi connectivity index (χ3v) is 1.86. The van der Waals surface area contributed by atoms with Crippen LogP contribution in [0, 0.1) is 4.91 Å². The molecule has 0 bridgehead atoms. The van der Waals surface area contributed by atoms with Gasteiger partial charge in [0.25, 0.3) is 0 Å². The van der Waals surface area contributed by atoms with Gasteiger partial charge < -0.3 is 12.8 Å². The Morgan fingerprint density at radius 2 is 1.93 bits per heavy atom. The molecule has 0 aromatic heterocycles. The molecule has 1 aromatic rings. The van der Waals surface area contributed by atoms with Crippen molar-refractivity contribution in [2.24, 2.45) is 0 Å². The van der Waals surface area contributed by atoms with Crippen LogP contribution in [0.4, 0.5) is 18.9 Å². The summed E-state index contributed by atoms with van der Waals surface area (Å²) in [5.74, 6) is -3.67. The first kappa shape index (κ1) is 10.9. The largest absolute Gasteiger partial charge is 0.364 e. The number of nitroso groups, excluding NO2 is 1. The number of nitrogens with zero attached hydrogens (tertiary/aromatic N) is 1. The van der Waals surface area contributed by atoms with Gasteiger partial charge in [0.2, 0.25) is 5.69 Å². The second-order valence-corrected chi connectivity index (χ2v) is 2.94. The lowest BCUT2D eigenvalue weighted by Gasteiger charge is -2.12. The molecule has 0 radical (unpaired) electrons. The molecule has 0 N–H and O–H groups in total. The van der Waals surface area contributed by atoms with E-state index in [1.807, 2.05) is 0 Å². The van der Waals surface area contributed by atoms with Gasteiger partial charge in [0, 0.05) is 11.0 Å². The molecule has 0 saturated carbocycles. The lowest BCUT2D eigenvalue weighted by molar-refractivity contribution is -0.266. The van der Waals surface area contributed by atoms with Crippen molar-refractivity contribution in [3.8, 4) is 0 Å². The van der Waals surface area contributed by atoms with E-state index in [2.05, 4.69) is 12.8 Å². The first-order chi connectivity index (χ1) is 6.49. The van der Waals surface area contributed by atoms with Crippen LogP contribution in [0.2, 0.25) is 0 Å². The van der Waals surface area contributed by atoms with E-state index in [4.69, 9.17) is 0 Å². The van der Waals surface area contributed by atoms with Crippen LogP contribution in [0.5, 0.6) is 0 Å². The third kappa shape index (κ3) is 2.01. The Morgan fingerprint density at radius 3 is 2.43 bits per heavy atom. The number of benzene rings is 1. The Balaban J connectivity index is 3.27. The van der Waals surface area contributed by atoms with Gasteiger partial charge in [-0.3, -0.25) is 0 Å². The van der Waals surface area contributed by atoms with Crippen LogP contribution in [-0.4, -0.2) is 10.8 Å². The normalized spacial score (nSPS) is 11.4. The highest BCUT2D eigenvalue weighted by Gasteiger charge is 2.37. The molecule has 6 heteroatoms. The SMILES string of the molecule is O=[N+]([S-])c1ccccc1C(F)(F)CF. The number of para-hydroxylation sites is 1. The van der Waals surface area contributed by atoms with Crippen LogP contribution in [0.1, 0.15) is 5.56 Å². The Kier molecular flexibility index (Phi) is 3.05. The summed E-state index contributed by atoms with van der Waals surface area (Å²) < 4.78 is 37.7. The summed E-state index contributed by atoms with van der Waals surface area (Å²) in [7, 11) is 0. The van der Waals surface area contributed by atoms with Gasteiger partial charge in [-0.25, -0.2) is 4.39 Å². The zero-order valence-corrected chi connectivity index (χ0v) is 7.73. The average Bonchev–Trinajstić information content (AvgIpc) is 2.18. The highest BCUT2D eigenvalue weighted by molar-refractivity contribution is 7.51. The molecule has 0 fully saturated rings. The van der Waals surface area contributed by atoms with Crippen molar-refractivity contribution in [1.29, 1.82) is 0 Å². The Labute approximate surface area is 83.9 Å². The van der Waals surface area contributed by atoms with Gasteiger partial charge in [-0.1, -0.05) is 16.3 Å². The first-order valence-electron chi connectivity index (χ1n) is 3.66. The zero-order valence-electron chi connectivity index (χ0n) is 6.91. The van der Waals surface area contributed by atoms with E-state index in [1.54, 1.807) is 0 Å². The van der Waals surface area contributed by atoms with Crippen molar-refractivity contribution in [2.75, 3.05) is 6.67 Å². The van der Waals surface area contributed by atoms with Crippen LogP contribution < -0.4 is 0 Å². The number of halogens is 3. The molecule has 0 aliphatic heterocycles. The van der Waals surface area contributed by atoms with Gasteiger partial charge in [0.05, 0.1) is 5.56 Å². The topological polar surface area (TPSA) is 20.1 Å². The van der Waals surface area contributed by atoms with Crippen LogP contribution in [0.15, 0.2) is 24.3 Å². The monoisotopic (exact) mass is 221 g/mol. The zero-order chi connectivity index (χ0) is 10.8. The summed E-state index contributed by atoms with van der Waals surface area (Å²) in [5, 5.41) is 0. The average molecular weight is 221 g/mol. The van der Waals surface area contributed by atoms with Crippen molar-refractivity contribution in [1.82, 2.24) is 0 Å². The Morgan fingerprint density at radius 1 is 1.36 bits per heavy atom. The van der Waals surface area contributed by atoms with Crippen LogP contribution in [-0.2, 0) is 18.7 Å². The molecule has 2 nitrogen and oxygen atoms in total. The molecule has 0 aliphatic rings. The minimum absolute atomic E-state index is 0.126. The van der Waals surface area contributed by atoms with Gasteiger partial charge in [-0.05, 0) is 6.07 Å². The van der Waals surface area contributed by atoms with E-state index in [1.165, 1.54) is 12.1 Å². The molecule has 0 spiro atoms. The second-order valence-electron chi connectivity index (χ2n) is 2.61. The minimum Gasteiger partial charge on any atom is -0.364 e. The molecule has 0 amide bonds. The van der Waals surface area contributed by atoms with Gasteiger partial charge in [0.1, 0.15) is 0 Å². The Hall–Kier alpha value is -1.17. The van der Waals surface area contributed by atoms with Crippen molar-refractivity contribution in [3.05, 3.63) is 34.7 Å². The molecule has 0 saturated heterocycles. The smallest absolute Gasteiger partial charge is 0.307 e. The molecule has 76 valence electrons. The predicted octanol–water partition coefficient (Wildman–Crippen LogP) is 2.62. The molecule has 0 atom stereocenters. The van der Waals surface area contributed by atoms with E-state index < -0.39 is 23.8 Å². The molecule has 14 heavy (non-hydrogen) atoms. The number of alkyl halides is 3. The molecule has 1 aromatic carbocycles. The number of hydrogen-bond acceptors (Lipinski definition) is 2. The fourth-order valence-corrected chi connectivity index (χ4v) is 1.17. The van der Waals surface area contributed by atoms with Crippen molar-refractivity contribution in [2.45, 2.75) is 5.92 Å². The van der Waals surface area contributed by atoms with E-state index in [0.717, 1.165) is 12.1 Å². The van der Waals surface area contributed by atoms with Crippen LogP contribution in [0.3, 0.4) is 0 Å². The summed E-state index contributed by atoms with van der Waals surface area (Å²) in [5.41, 5.74) is -1.09. The molecular formula is C8H6F3NOS. The number of hydrogen-bond donors (Lipinski definition) is 0. The maximum absolute atomic E-state index is 12.9. The Bertz CT molecular complexity index is 356. The molecule has 0 heterocycles. The van der Waals surface area contributed by atoms with Gasteiger partial charge in [-0.2, -0.15) is 8.78 Å². The highest BCUT2D eigenvalue weighted by Crippen LogP contribution is 2.34. The lowest BCUT2D eigenvalue weighted by Crippen LogP contribution is -2.17. The molecule has 0 unspecified atom stereocenters. The lowest BCUT2D eigenvalue weighted by atomic mass is 10.1. The minimum atomic E-state index is -3.67. The standard InChI is InChI=1S/C8H6F3NOS/c9-5-8(10,11)6-3-1-2-4-7(6)12(13)14/h1-4H,5H2. The van der Waals surface area contributed by atoms with E-state index >= 15 is 0 Å². The second kappa shape index (κ2) is 3.91. The summed E-state index contributed by atoms with van der Waals surface area (Å²) in [6, 6.07) is 4.77. The van der Waals surface area contributed by atoms with Crippen LogP contribution in [0.25, 0.3) is 0 Å². The van der Waals surface area contributed by atoms with E-state index in [-0.39, 0.29) is 4.17 Å². The van der Waals surface area contributed by atoms with Crippen molar-refractivity contribution >= 4 is 18.5 Å².